The fourth-order valence-electron chi connectivity index (χ4n) is 7.62. The minimum atomic E-state index is -0.794. The zero-order valence-corrected chi connectivity index (χ0v) is 21.3. The van der Waals surface area contributed by atoms with E-state index in [1.54, 1.807) is 6.07 Å². The maximum absolute atomic E-state index is 15.3. The van der Waals surface area contributed by atoms with Gasteiger partial charge in [-0.15, -0.1) is 0 Å². The lowest BCUT2D eigenvalue weighted by Gasteiger charge is -2.38. The second-order valence-corrected chi connectivity index (χ2v) is 11.8. The zero-order chi connectivity index (χ0) is 24.4. The van der Waals surface area contributed by atoms with Crippen molar-refractivity contribution in [3.63, 3.8) is 0 Å². The maximum Gasteiger partial charge on any atom is 0.159 e. The molecule has 0 aromatic heterocycles. The molecular formula is C32H41F3. The first-order chi connectivity index (χ1) is 17.0. The van der Waals surface area contributed by atoms with E-state index in [1.807, 2.05) is 12.1 Å². The van der Waals surface area contributed by atoms with Crippen LogP contribution >= 0.6 is 0 Å². The molecule has 0 amide bonds. The lowest BCUT2D eigenvalue weighted by molar-refractivity contribution is 0.158. The highest BCUT2D eigenvalue weighted by Crippen LogP contribution is 2.45. The van der Waals surface area contributed by atoms with Crippen LogP contribution < -0.4 is 0 Å². The first-order valence-corrected chi connectivity index (χ1v) is 14.3. The van der Waals surface area contributed by atoms with Crippen LogP contribution in [0.2, 0.25) is 0 Å². The van der Waals surface area contributed by atoms with E-state index in [1.165, 1.54) is 75.5 Å². The van der Waals surface area contributed by atoms with Gasteiger partial charge in [0.05, 0.1) is 0 Å². The monoisotopic (exact) mass is 482 g/mol. The average Bonchev–Trinajstić information content (AvgIpc) is 2.90. The Kier molecular flexibility index (Phi) is 7.89. The Bertz CT molecular complexity index is 974. The molecule has 5 rings (SSSR count). The smallest absolute Gasteiger partial charge is 0.159 e. The molecule has 0 unspecified atom stereocenters. The van der Waals surface area contributed by atoms with E-state index in [4.69, 9.17) is 0 Å². The van der Waals surface area contributed by atoms with Crippen LogP contribution in [0.15, 0.2) is 36.4 Å². The van der Waals surface area contributed by atoms with Gasteiger partial charge >= 0.3 is 0 Å². The summed E-state index contributed by atoms with van der Waals surface area (Å²) in [5, 5.41) is 0. The van der Waals surface area contributed by atoms with Crippen LogP contribution in [-0.4, -0.2) is 0 Å². The molecule has 0 spiro atoms. The summed E-state index contributed by atoms with van der Waals surface area (Å²) in [5.74, 6) is 2.13. The molecule has 190 valence electrons. The second-order valence-electron chi connectivity index (χ2n) is 11.8. The van der Waals surface area contributed by atoms with Crippen LogP contribution in [0.1, 0.15) is 125 Å². The zero-order valence-electron chi connectivity index (χ0n) is 21.3. The molecular weight excluding hydrogens is 441 g/mol. The van der Waals surface area contributed by atoms with Gasteiger partial charge in [0, 0.05) is 0 Å². The van der Waals surface area contributed by atoms with Crippen molar-refractivity contribution < 1.29 is 13.2 Å². The van der Waals surface area contributed by atoms with Crippen molar-refractivity contribution in [1.29, 1.82) is 0 Å². The Morgan fingerprint density at radius 1 is 0.543 bits per heavy atom. The molecule has 0 N–H and O–H groups in total. The summed E-state index contributed by atoms with van der Waals surface area (Å²) in [6.07, 6.45) is 15.6. The highest BCUT2D eigenvalue weighted by Gasteiger charge is 2.32. The lowest BCUT2D eigenvalue weighted by Crippen LogP contribution is -2.25. The van der Waals surface area contributed by atoms with Gasteiger partial charge in [0.25, 0.3) is 0 Å². The molecule has 0 heterocycles. The fraction of sp³-hybridized carbons (Fsp3) is 0.625. The van der Waals surface area contributed by atoms with Crippen molar-refractivity contribution in [2.45, 2.75) is 108 Å². The largest absolute Gasteiger partial charge is 0.207 e. The van der Waals surface area contributed by atoms with Gasteiger partial charge < -0.3 is 0 Å². The summed E-state index contributed by atoms with van der Waals surface area (Å²) < 4.78 is 42.2. The number of benzene rings is 2. The molecule has 35 heavy (non-hydrogen) atoms. The summed E-state index contributed by atoms with van der Waals surface area (Å²) in [6, 6.07) is 10.3. The minimum Gasteiger partial charge on any atom is -0.207 e. The molecule has 2 aromatic carbocycles. The standard InChI is InChI=1S/C32H41F3/c1-2-21-3-5-22(6-4-21)23-7-9-24(10-8-23)27-15-17-29(31(34)19-27)26-13-11-25(12-14-26)28-16-18-30(33)32(35)20-28/h15-26H,2-14H2,1H3. The fourth-order valence-corrected chi connectivity index (χ4v) is 7.62. The second kappa shape index (κ2) is 11.1. The van der Waals surface area contributed by atoms with E-state index in [0.717, 1.165) is 54.6 Å². The Hall–Kier alpha value is -1.77. The van der Waals surface area contributed by atoms with Gasteiger partial charge in [-0.3, -0.25) is 0 Å². The van der Waals surface area contributed by atoms with Gasteiger partial charge in [-0.2, -0.15) is 0 Å². The van der Waals surface area contributed by atoms with Gasteiger partial charge in [-0.25, -0.2) is 13.2 Å². The van der Waals surface area contributed by atoms with E-state index >= 15 is 4.39 Å². The van der Waals surface area contributed by atoms with Gasteiger partial charge in [0.2, 0.25) is 0 Å². The average molecular weight is 483 g/mol. The first kappa shape index (κ1) is 24.9. The van der Waals surface area contributed by atoms with Gasteiger partial charge in [-0.05, 0) is 135 Å². The van der Waals surface area contributed by atoms with E-state index in [0.29, 0.717) is 5.92 Å². The number of hydrogen-bond acceptors (Lipinski definition) is 0. The van der Waals surface area contributed by atoms with Gasteiger partial charge in [0.1, 0.15) is 5.82 Å². The Balaban J connectivity index is 1.14. The molecule has 0 nitrogen and oxygen atoms in total. The van der Waals surface area contributed by atoms with Crippen molar-refractivity contribution in [3.8, 4) is 0 Å². The van der Waals surface area contributed by atoms with Gasteiger partial charge in [-0.1, -0.05) is 44.4 Å². The van der Waals surface area contributed by atoms with E-state index in [9.17, 15) is 8.78 Å². The van der Waals surface area contributed by atoms with Crippen LogP contribution in [0.4, 0.5) is 13.2 Å². The van der Waals surface area contributed by atoms with Crippen molar-refractivity contribution in [1.82, 2.24) is 0 Å². The molecule has 0 aliphatic heterocycles. The third-order valence-corrected chi connectivity index (χ3v) is 9.99. The third-order valence-electron chi connectivity index (χ3n) is 9.99. The summed E-state index contributed by atoms with van der Waals surface area (Å²) in [7, 11) is 0. The Morgan fingerprint density at radius 2 is 1.03 bits per heavy atom. The van der Waals surface area contributed by atoms with Crippen LogP contribution in [0, 0.1) is 35.2 Å². The molecule has 0 atom stereocenters. The topological polar surface area (TPSA) is 0 Å². The Labute approximate surface area is 209 Å². The number of hydrogen-bond donors (Lipinski definition) is 0. The number of rotatable bonds is 5. The lowest BCUT2D eigenvalue weighted by atomic mass is 9.68. The van der Waals surface area contributed by atoms with Crippen LogP contribution in [0.3, 0.4) is 0 Å². The van der Waals surface area contributed by atoms with Gasteiger partial charge in [0.15, 0.2) is 11.6 Å². The van der Waals surface area contributed by atoms with Crippen LogP contribution in [0.5, 0.6) is 0 Å². The molecule has 0 radical (unpaired) electrons. The predicted molar refractivity (Wildman–Crippen MR) is 137 cm³/mol. The maximum atomic E-state index is 15.3. The molecule has 3 fully saturated rings. The van der Waals surface area contributed by atoms with Crippen LogP contribution in [-0.2, 0) is 0 Å². The molecule has 0 saturated heterocycles. The Morgan fingerprint density at radius 3 is 1.57 bits per heavy atom. The normalized spacial score (nSPS) is 31.9. The minimum absolute atomic E-state index is 0.0428. The van der Waals surface area contributed by atoms with Crippen molar-refractivity contribution >= 4 is 0 Å². The highest BCUT2D eigenvalue weighted by molar-refractivity contribution is 5.31. The summed E-state index contributed by atoms with van der Waals surface area (Å²) in [5.41, 5.74) is 2.90. The van der Waals surface area contributed by atoms with E-state index < -0.39 is 11.6 Å². The van der Waals surface area contributed by atoms with E-state index in [2.05, 4.69) is 13.0 Å². The van der Waals surface area contributed by atoms with Crippen molar-refractivity contribution in [2.75, 3.05) is 0 Å². The van der Waals surface area contributed by atoms with Crippen molar-refractivity contribution in [2.24, 2.45) is 17.8 Å². The molecule has 3 aliphatic carbocycles. The predicted octanol–water partition coefficient (Wildman–Crippen LogP) is 10.0. The first-order valence-electron chi connectivity index (χ1n) is 14.3. The van der Waals surface area contributed by atoms with Crippen LogP contribution in [0.25, 0.3) is 0 Å². The molecule has 3 aliphatic rings. The number of halogens is 3. The quantitative estimate of drug-likeness (QED) is 0.398. The SMILES string of the molecule is CCC1CCC(C2CCC(c3ccc(C4CCC(c5ccc(F)c(F)c5)CC4)c(F)c3)CC2)CC1. The third kappa shape index (κ3) is 5.65. The summed E-state index contributed by atoms with van der Waals surface area (Å²) in [4.78, 5) is 0. The van der Waals surface area contributed by atoms with Crippen molar-refractivity contribution in [3.05, 3.63) is 70.5 Å². The molecule has 3 heteroatoms. The summed E-state index contributed by atoms with van der Waals surface area (Å²) in [6.45, 7) is 2.34. The molecule has 2 aromatic rings. The van der Waals surface area contributed by atoms with E-state index in [-0.39, 0.29) is 17.7 Å². The molecule has 3 saturated carbocycles. The molecule has 0 bridgehead atoms. The highest BCUT2D eigenvalue weighted by atomic mass is 19.2. The summed E-state index contributed by atoms with van der Waals surface area (Å²) >= 11 is 0.